The molecule has 1 spiro atoms. The lowest BCUT2D eigenvalue weighted by molar-refractivity contribution is -0.118. The van der Waals surface area contributed by atoms with Gasteiger partial charge in [-0.2, -0.15) is 0 Å². The van der Waals surface area contributed by atoms with Gasteiger partial charge < -0.3 is 10.6 Å². The van der Waals surface area contributed by atoms with E-state index in [4.69, 9.17) is 0 Å². The van der Waals surface area contributed by atoms with E-state index in [2.05, 4.69) is 10.6 Å². The number of carbonyl (C=O) groups excluding carboxylic acids is 2. The summed E-state index contributed by atoms with van der Waals surface area (Å²) in [5.74, 6) is -0.587. The number of benzene rings is 2. The molecule has 3 aromatic rings. The van der Waals surface area contributed by atoms with Crippen LogP contribution in [0.4, 0.5) is 11.5 Å². The third-order valence-electron chi connectivity index (χ3n) is 6.50. The van der Waals surface area contributed by atoms with Crippen molar-refractivity contribution < 1.29 is 9.59 Å². The van der Waals surface area contributed by atoms with E-state index >= 15 is 0 Å². The van der Waals surface area contributed by atoms with Gasteiger partial charge in [0.05, 0.1) is 11.3 Å². The molecule has 2 N–H and O–H groups in total. The lowest BCUT2D eigenvalue weighted by Gasteiger charge is -2.36. The number of para-hydroxylation sites is 1. The Hall–Kier alpha value is -4.20. The van der Waals surface area contributed by atoms with E-state index in [0.29, 0.717) is 28.1 Å². The van der Waals surface area contributed by atoms with Gasteiger partial charge in [-0.15, -0.1) is 0 Å². The molecule has 31 heavy (non-hydrogen) atoms. The maximum atomic E-state index is 13.7. The van der Waals surface area contributed by atoms with Gasteiger partial charge in [0.1, 0.15) is 11.2 Å². The van der Waals surface area contributed by atoms with Crippen LogP contribution >= 0.6 is 0 Å². The number of anilines is 2. The maximum Gasteiger partial charge on any atom is 0.332 e. The highest BCUT2D eigenvalue weighted by Crippen LogP contribution is 2.55. The first-order valence-corrected chi connectivity index (χ1v) is 9.76. The highest BCUT2D eigenvalue weighted by Gasteiger charge is 2.61. The first-order chi connectivity index (χ1) is 14.9. The number of hydrogen-bond donors (Lipinski definition) is 2. The molecule has 6 rings (SSSR count). The van der Waals surface area contributed by atoms with Crippen molar-refractivity contribution in [3.8, 4) is 0 Å². The number of hydrogen-bond acceptors (Lipinski definition) is 5. The minimum absolute atomic E-state index is 0.0689. The summed E-state index contributed by atoms with van der Waals surface area (Å²) in [6.07, 6.45) is 0. The lowest BCUT2D eigenvalue weighted by Crippen LogP contribution is -2.52. The molecule has 1 atom stereocenters. The molecule has 1 amide bonds. The van der Waals surface area contributed by atoms with E-state index in [1.807, 2.05) is 0 Å². The maximum absolute atomic E-state index is 13.7. The second-order valence-electron chi connectivity index (χ2n) is 7.93. The van der Waals surface area contributed by atoms with Crippen LogP contribution < -0.4 is 21.9 Å². The Morgan fingerprint density at radius 1 is 0.806 bits per heavy atom. The Labute approximate surface area is 175 Å². The second kappa shape index (κ2) is 5.48. The number of carbonyl (C=O) groups is 2. The van der Waals surface area contributed by atoms with Gasteiger partial charge in [0.25, 0.3) is 5.56 Å². The fourth-order valence-electron chi connectivity index (χ4n) is 5.10. The third kappa shape index (κ3) is 1.81. The van der Waals surface area contributed by atoms with Gasteiger partial charge in [-0.05, 0) is 6.07 Å². The van der Waals surface area contributed by atoms with Crippen LogP contribution in [-0.2, 0) is 24.3 Å². The van der Waals surface area contributed by atoms with Gasteiger partial charge in [-0.3, -0.25) is 23.5 Å². The summed E-state index contributed by atoms with van der Waals surface area (Å²) in [6, 6.07) is 14.1. The molecule has 1 aromatic heterocycles. The molecule has 0 bridgehead atoms. The summed E-state index contributed by atoms with van der Waals surface area (Å²) >= 11 is 0. The van der Waals surface area contributed by atoms with Crippen molar-refractivity contribution in [1.29, 1.82) is 0 Å². The minimum atomic E-state index is -1.66. The van der Waals surface area contributed by atoms with E-state index < -0.39 is 22.6 Å². The van der Waals surface area contributed by atoms with Crippen molar-refractivity contribution in [2.45, 2.75) is 5.41 Å². The van der Waals surface area contributed by atoms with E-state index in [-0.39, 0.29) is 22.7 Å². The molecule has 0 saturated carbocycles. The molecule has 3 aliphatic rings. The number of amides is 1. The molecule has 0 fully saturated rings. The zero-order valence-electron chi connectivity index (χ0n) is 16.6. The summed E-state index contributed by atoms with van der Waals surface area (Å²) in [5.41, 5.74) is 0.0562. The number of aromatic nitrogens is 2. The van der Waals surface area contributed by atoms with Crippen molar-refractivity contribution in [3.63, 3.8) is 0 Å². The van der Waals surface area contributed by atoms with Gasteiger partial charge in [0.15, 0.2) is 5.78 Å². The third-order valence-corrected chi connectivity index (χ3v) is 6.50. The van der Waals surface area contributed by atoms with Crippen molar-refractivity contribution in [1.82, 2.24) is 9.13 Å². The Bertz CT molecular complexity index is 1540. The van der Waals surface area contributed by atoms with Crippen LogP contribution in [0.25, 0.3) is 5.70 Å². The number of nitrogens with zero attached hydrogens (tertiary/aromatic N) is 2. The van der Waals surface area contributed by atoms with Crippen LogP contribution in [0.15, 0.2) is 63.7 Å². The lowest BCUT2D eigenvalue weighted by atomic mass is 9.67. The van der Waals surface area contributed by atoms with E-state index in [1.54, 1.807) is 48.5 Å². The Balaban J connectivity index is 1.86. The number of ketones is 1. The predicted octanol–water partition coefficient (Wildman–Crippen LogP) is 1.36. The van der Waals surface area contributed by atoms with Gasteiger partial charge in [0, 0.05) is 42.0 Å². The zero-order valence-corrected chi connectivity index (χ0v) is 16.6. The van der Waals surface area contributed by atoms with Gasteiger partial charge in [-0.25, -0.2) is 4.79 Å². The summed E-state index contributed by atoms with van der Waals surface area (Å²) in [7, 11) is 2.90. The highest BCUT2D eigenvalue weighted by molar-refractivity contribution is 6.30. The van der Waals surface area contributed by atoms with Crippen LogP contribution in [0.1, 0.15) is 27.0 Å². The minimum Gasteiger partial charge on any atom is -0.340 e. The Morgan fingerprint density at radius 2 is 1.48 bits per heavy atom. The zero-order chi connectivity index (χ0) is 21.7. The van der Waals surface area contributed by atoms with Crippen LogP contribution in [0.5, 0.6) is 0 Å². The average Bonchev–Trinajstić information content (AvgIpc) is 3.23. The quantitative estimate of drug-likeness (QED) is 0.581. The van der Waals surface area contributed by atoms with Crippen molar-refractivity contribution >= 4 is 28.9 Å². The monoisotopic (exact) mass is 412 g/mol. The normalized spacial score (nSPS) is 20.2. The predicted molar refractivity (Wildman–Crippen MR) is 114 cm³/mol. The fourth-order valence-corrected chi connectivity index (χ4v) is 5.10. The largest absolute Gasteiger partial charge is 0.340 e. The smallest absolute Gasteiger partial charge is 0.332 e. The Kier molecular flexibility index (Phi) is 3.12. The molecule has 2 aromatic carbocycles. The topological polar surface area (TPSA) is 102 Å². The highest BCUT2D eigenvalue weighted by atomic mass is 16.2. The van der Waals surface area contributed by atoms with Crippen LogP contribution in [0, 0.1) is 0 Å². The SMILES string of the molecule is Cn1c2c(c(=O)n(C)c1=O)C1(C(=O)Nc3ccccc31)C1=C(N2)c2ccccc2C1=O. The van der Waals surface area contributed by atoms with Crippen LogP contribution in [0.2, 0.25) is 0 Å². The molecule has 3 heterocycles. The first-order valence-electron chi connectivity index (χ1n) is 9.76. The molecule has 1 aliphatic carbocycles. The number of rotatable bonds is 0. The summed E-state index contributed by atoms with van der Waals surface area (Å²) in [5, 5.41) is 6.00. The van der Waals surface area contributed by atoms with Gasteiger partial charge in [-0.1, -0.05) is 42.5 Å². The summed E-state index contributed by atoms with van der Waals surface area (Å²) < 4.78 is 2.27. The molecule has 0 radical (unpaired) electrons. The molecule has 0 saturated heterocycles. The molecule has 152 valence electrons. The van der Waals surface area contributed by atoms with Crippen molar-refractivity contribution in [2.24, 2.45) is 14.1 Å². The molecule has 1 unspecified atom stereocenters. The molecular formula is C23H16N4O4. The van der Waals surface area contributed by atoms with Gasteiger partial charge >= 0.3 is 5.69 Å². The number of nitrogens with one attached hydrogen (secondary N) is 2. The van der Waals surface area contributed by atoms with Crippen LogP contribution in [-0.4, -0.2) is 20.8 Å². The van der Waals surface area contributed by atoms with Crippen molar-refractivity contribution in [3.05, 3.63) is 97.2 Å². The van der Waals surface area contributed by atoms with Crippen LogP contribution in [0.3, 0.4) is 0 Å². The van der Waals surface area contributed by atoms with Crippen molar-refractivity contribution in [2.75, 3.05) is 10.6 Å². The van der Waals surface area contributed by atoms with E-state index in [0.717, 1.165) is 4.57 Å². The van der Waals surface area contributed by atoms with E-state index in [9.17, 15) is 19.2 Å². The fraction of sp³-hybridized carbons (Fsp3) is 0.130. The Morgan fingerprint density at radius 3 is 2.26 bits per heavy atom. The first kappa shape index (κ1) is 17.6. The van der Waals surface area contributed by atoms with E-state index in [1.165, 1.54) is 18.7 Å². The number of Topliss-reactive ketones (excluding diaryl/α,β-unsaturated/α-hetero) is 1. The van der Waals surface area contributed by atoms with Gasteiger partial charge in [0.2, 0.25) is 5.91 Å². The standard InChI is InChI=1S/C23H16N4O4/c1-26-19-16(20(29)27(2)22(26)31)23(13-9-5-6-10-14(13)24-21(23)30)15-17(25-19)11-7-3-4-8-12(11)18(15)28/h3-10,25H,1-2H3,(H,24,30). The molecule has 8 heteroatoms. The summed E-state index contributed by atoms with van der Waals surface area (Å²) in [4.78, 5) is 53.5. The molecular weight excluding hydrogens is 396 g/mol. The number of fused-ring (bicyclic) bond motifs is 7. The molecule has 8 nitrogen and oxygen atoms in total. The average molecular weight is 412 g/mol. The second-order valence-corrected chi connectivity index (χ2v) is 7.93. The molecule has 2 aliphatic heterocycles. The summed E-state index contributed by atoms with van der Waals surface area (Å²) in [6.45, 7) is 0.